The predicted octanol–water partition coefficient (Wildman–Crippen LogP) is 3.15. The molecule has 0 aromatic rings. The van der Waals surface area contributed by atoms with Crippen LogP contribution in [0.1, 0.15) is 32.1 Å². The molecule has 0 heterocycles. The lowest BCUT2D eigenvalue weighted by atomic mass is 9.94. The highest BCUT2D eigenvalue weighted by Gasteiger charge is 2.36. The Bertz CT molecular complexity index is 209. The number of alkyl halides is 3. The van der Waals surface area contributed by atoms with Crippen molar-refractivity contribution < 1.29 is 4.79 Å². The maximum Gasteiger partial charge on any atom is 0.274 e. The van der Waals surface area contributed by atoms with Gasteiger partial charge in [0.15, 0.2) is 0 Å². The summed E-state index contributed by atoms with van der Waals surface area (Å²) in [6.45, 7) is 0. The number of carbonyl (C=O) groups excluding carboxylic acids is 1. The molecule has 0 aliphatic heterocycles. The first-order valence-corrected chi connectivity index (χ1v) is 5.90. The van der Waals surface area contributed by atoms with Crippen molar-refractivity contribution in [1.82, 2.24) is 4.90 Å². The van der Waals surface area contributed by atoms with Gasteiger partial charge in [0.1, 0.15) is 0 Å². The van der Waals surface area contributed by atoms with Gasteiger partial charge in [0, 0.05) is 13.1 Å². The summed E-state index contributed by atoms with van der Waals surface area (Å²) < 4.78 is -1.81. The van der Waals surface area contributed by atoms with E-state index in [9.17, 15) is 4.79 Å². The molecule has 1 saturated carbocycles. The standard InChI is InChI=1S/C9H14Cl3NO/c1-13(8(14)9(10,11)12)7-5-3-2-4-6-7/h7H,2-6H2,1H3. The Morgan fingerprint density at radius 3 is 2.14 bits per heavy atom. The molecular weight excluding hydrogens is 244 g/mol. The molecule has 1 rings (SSSR count). The van der Waals surface area contributed by atoms with E-state index in [1.807, 2.05) is 0 Å². The van der Waals surface area contributed by atoms with Crippen LogP contribution in [0.15, 0.2) is 0 Å². The van der Waals surface area contributed by atoms with Crippen LogP contribution in [0.25, 0.3) is 0 Å². The van der Waals surface area contributed by atoms with Gasteiger partial charge in [0.05, 0.1) is 0 Å². The van der Waals surface area contributed by atoms with Crippen molar-refractivity contribution >= 4 is 40.7 Å². The average molecular weight is 259 g/mol. The molecule has 0 unspecified atom stereocenters. The SMILES string of the molecule is CN(C(=O)C(Cl)(Cl)Cl)C1CCCCC1. The van der Waals surface area contributed by atoms with Gasteiger partial charge in [-0.05, 0) is 12.8 Å². The zero-order valence-corrected chi connectivity index (χ0v) is 10.4. The van der Waals surface area contributed by atoms with E-state index in [-0.39, 0.29) is 6.04 Å². The van der Waals surface area contributed by atoms with Crippen molar-refractivity contribution in [2.24, 2.45) is 0 Å². The number of amides is 1. The van der Waals surface area contributed by atoms with Gasteiger partial charge in [-0.25, -0.2) is 0 Å². The Morgan fingerprint density at radius 2 is 1.71 bits per heavy atom. The van der Waals surface area contributed by atoms with Gasteiger partial charge in [-0.2, -0.15) is 0 Å². The van der Waals surface area contributed by atoms with E-state index < -0.39 is 9.70 Å². The highest BCUT2D eigenvalue weighted by molar-refractivity contribution is 6.76. The van der Waals surface area contributed by atoms with Crippen LogP contribution in [-0.4, -0.2) is 27.7 Å². The van der Waals surface area contributed by atoms with Crippen molar-refractivity contribution in [3.05, 3.63) is 0 Å². The summed E-state index contributed by atoms with van der Waals surface area (Å²) in [5.74, 6) is -0.422. The van der Waals surface area contributed by atoms with Gasteiger partial charge in [0.25, 0.3) is 9.70 Å². The summed E-state index contributed by atoms with van der Waals surface area (Å²) in [5.41, 5.74) is 0. The summed E-state index contributed by atoms with van der Waals surface area (Å²) >= 11 is 16.6. The van der Waals surface area contributed by atoms with Crippen LogP contribution in [0.3, 0.4) is 0 Å². The minimum atomic E-state index is -1.81. The lowest BCUT2D eigenvalue weighted by Gasteiger charge is -2.32. The molecule has 5 heteroatoms. The molecule has 0 aromatic carbocycles. The molecule has 82 valence electrons. The maximum atomic E-state index is 11.6. The van der Waals surface area contributed by atoms with Crippen LogP contribution in [0.2, 0.25) is 0 Å². The van der Waals surface area contributed by atoms with E-state index in [4.69, 9.17) is 34.8 Å². The van der Waals surface area contributed by atoms with E-state index in [1.165, 1.54) is 6.42 Å². The summed E-state index contributed by atoms with van der Waals surface area (Å²) in [7, 11) is 1.71. The first kappa shape index (κ1) is 12.4. The number of halogens is 3. The van der Waals surface area contributed by atoms with Crippen LogP contribution >= 0.6 is 34.8 Å². The van der Waals surface area contributed by atoms with Crippen LogP contribution in [0.4, 0.5) is 0 Å². The first-order valence-electron chi connectivity index (χ1n) is 4.77. The molecule has 1 fully saturated rings. The minimum absolute atomic E-state index is 0.242. The van der Waals surface area contributed by atoms with E-state index >= 15 is 0 Å². The van der Waals surface area contributed by atoms with Crippen molar-refractivity contribution in [2.45, 2.75) is 41.9 Å². The summed E-state index contributed by atoms with van der Waals surface area (Å²) in [6, 6.07) is 0.242. The highest BCUT2D eigenvalue weighted by Crippen LogP contribution is 2.31. The van der Waals surface area contributed by atoms with Crippen molar-refractivity contribution in [1.29, 1.82) is 0 Å². The predicted molar refractivity (Wildman–Crippen MR) is 59.9 cm³/mol. The summed E-state index contributed by atoms with van der Waals surface area (Å²) in [5, 5.41) is 0. The summed E-state index contributed by atoms with van der Waals surface area (Å²) in [4.78, 5) is 13.2. The molecule has 2 nitrogen and oxygen atoms in total. The van der Waals surface area contributed by atoms with Gasteiger partial charge in [-0.1, -0.05) is 54.1 Å². The molecular formula is C9H14Cl3NO. The Kier molecular flexibility index (Phi) is 4.35. The van der Waals surface area contributed by atoms with Crippen molar-refractivity contribution in [2.75, 3.05) is 7.05 Å². The largest absolute Gasteiger partial charge is 0.339 e. The smallest absolute Gasteiger partial charge is 0.274 e. The number of nitrogens with zero attached hydrogens (tertiary/aromatic N) is 1. The molecule has 1 aliphatic rings. The van der Waals surface area contributed by atoms with Crippen LogP contribution in [0.5, 0.6) is 0 Å². The van der Waals surface area contributed by atoms with Gasteiger partial charge in [-0.3, -0.25) is 4.79 Å². The third-order valence-electron chi connectivity index (χ3n) is 2.69. The van der Waals surface area contributed by atoms with Gasteiger partial charge in [0.2, 0.25) is 0 Å². The number of hydrogen-bond donors (Lipinski definition) is 0. The second-order valence-corrected chi connectivity index (χ2v) is 5.99. The minimum Gasteiger partial charge on any atom is -0.339 e. The van der Waals surface area contributed by atoms with Crippen LogP contribution in [-0.2, 0) is 4.79 Å². The quantitative estimate of drug-likeness (QED) is 0.662. The van der Waals surface area contributed by atoms with Crippen molar-refractivity contribution in [3.63, 3.8) is 0 Å². The molecule has 14 heavy (non-hydrogen) atoms. The maximum absolute atomic E-state index is 11.6. The lowest BCUT2D eigenvalue weighted by molar-refractivity contribution is -0.131. The molecule has 0 radical (unpaired) electrons. The molecule has 0 atom stereocenters. The van der Waals surface area contributed by atoms with Gasteiger partial charge < -0.3 is 4.90 Å². The van der Waals surface area contributed by atoms with E-state index in [0.717, 1.165) is 25.7 Å². The van der Waals surface area contributed by atoms with Gasteiger partial charge in [-0.15, -0.1) is 0 Å². The Morgan fingerprint density at radius 1 is 1.21 bits per heavy atom. The Hall–Kier alpha value is 0.340. The molecule has 0 spiro atoms. The van der Waals surface area contributed by atoms with Crippen LogP contribution in [0, 0.1) is 0 Å². The normalized spacial score (nSPS) is 19.4. The molecule has 1 aliphatic carbocycles. The zero-order valence-electron chi connectivity index (χ0n) is 8.10. The fraction of sp³-hybridized carbons (Fsp3) is 0.889. The van der Waals surface area contributed by atoms with Gasteiger partial charge >= 0.3 is 0 Å². The Labute approximate surface area is 99.5 Å². The van der Waals surface area contributed by atoms with E-state index in [2.05, 4.69) is 0 Å². The zero-order chi connectivity index (χ0) is 10.8. The average Bonchev–Trinajstić information content (AvgIpc) is 2.15. The molecule has 0 bridgehead atoms. The number of rotatable bonds is 1. The number of carbonyl (C=O) groups is 1. The molecule has 1 amide bonds. The monoisotopic (exact) mass is 257 g/mol. The topological polar surface area (TPSA) is 20.3 Å². The highest BCUT2D eigenvalue weighted by atomic mass is 35.6. The Balaban J connectivity index is 2.55. The number of hydrogen-bond acceptors (Lipinski definition) is 1. The van der Waals surface area contributed by atoms with Crippen molar-refractivity contribution in [3.8, 4) is 0 Å². The van der Waals surface area contributed by atoms with E-state index in [1.54, 1.807) is 11.9 Å². The third-order valence-corrected chi connectivity index (χ3v) is 3.17. The molecule has 0 saturated heterocycles. The fourth-order valence-electron chi connectivity index (χ4n) is 1.83. The second-order valence-electron chi connectivity index (χ2n) is 3.71. The van der Waals surface area contributed by atoms with Crippen LogP contribution < -0.4 is 0 Å². The molecule has 0 N–H and O–H groups in total. The molecule has 0 aromatic heterocycles. The van der Waals surface area contributed by atoms with E-state index in [0.29, 0.717) is 0 Å². The second kappa shape index (κ2) is 4.91. The summed E-state index contributed by atoms with van der Waals surface area (Å²) in [6.07, 6.45) is 5.59. The fourth-order valence-corrected chi connectivity index (χ4v) is 2.23. The lowest BCUT2D eigenvalue weighted by Crippen LogP contribution is -2.44. The first-order chi connectivity index (χ1) is 6.43. The third kappa shape index (κ3) is 3.18.